The first kappa shape index (κ1) is 46.7. The Kier molecular flexibility index (Phi) is 36.0. The number of alkyl halides is 1. The van der Waals surface area contributed by atoms with Gasteiger partial charge in [-0.3, -0.25) is 0 Å². The molecule has 0 fully saturated rings. The number of hydrogen-bond acceptors (Lipinski definition) is 14. The summed E-state index contributed by atoms with van der Waals surface area (Å²) < 4.78 is 81.9. The molecule has 0 aliphatic heterocycles. The Bertz CT molecular complexity index is 663. The van der Waals surface area contributed by atoms with Gasteiger partial charge in [0.15, 0.2) is 0 Å². The van der Waals surface area contributed by atoms with Crippen molar-refractivity contribution in [2.75, 3.05) is 179 Å². The highest BCUT2D eigenvalue weighted by atomic mass is 19.1. The van der Waals surface area contributed by atoms with E-state index in [1.54, 1.807) is 7.05 Å². The van der Waals surface area contributed by atoms with E-state index in [4.69, 9.17) is 61.6 Å². The zero-order chi connectivity index (χ0) is 35.2. The molecule has 0 bridgehead atoms. The number of likely N-dealkylation sites (N-methyl/N-ethyl adjacent to an activating group) is 1. The summed E-state index contributed by atoms with van der Waals surface area (Å²) >= 11 is 0. The van der Waals surface area contributed by atoms with E-state index in [9.17, 15) is 9.18 Å². The van der Waals surface area contributed by atoms with Gasteiger partial charge in [-0.2, -0.15) is 0 Å². The molecule has 0 N–H and O–H groups in total. The van der Waals surface area contributed by atoms with Crippen molar-refractivity contribution in [2.45, 2.75) is 26.4 Å². The lowest BCUT2D eigenvalue weighted by molar-refractivity contribution is -0.0285. The molecule has 0 radical (unpaired) electrons. The van der Waals surface area contributed by atoms with Crippen molar-refractivity contribution in [3.05, 3.63) is 0 Å². The van der Waals surface area contributed by atoms with Crippen LogP contribution in [0.2, 0.25) is 0 Å². The fourth-order valence-corrected chi connectivity index (χ4v) is 3.21. The number of hydrogen-bond donors (Lipinski definition) is 0. The first-order valence-corrected chi connectivity index (χ1v) is 16.8. The van der Waals surface area contributed by atoms with E-state index in [1.807, 2.05) is 20.8 Å². The fraction of sp³-hybridized carbons (Fsp3) is 0.969. The van der Waals surface area contributed by atoms with Gasteiger partial charge in [-0.1, -0.05) is 0 Å². The molecule has 0 aliphatic carbocycles. The molecule has 0 spiro atoms. The second kappa shape index (κ2) is 37.0. The van der Waals surface area contributed by atoms with Gasteiger partial charge in [-0.05, 0) is 20.8 Å². The van der Waals surface area contributed by atoms with Crippen LogP contribution in [0.25, 0.3) is 0 Å². The van der Waals surface area contributed by atoms with Gasteiger partial charge in [0.05, 0.1) is 159 Å². The Labute approximate surface area is 287 Å². The molecule has 0 atom stereocenters. The molecule has 0 aromatic heterocycles. The minimum absolute atomic E-state index is 0.109. The zero-order valence-electron chi connectivity index (χ0n) is 29.9. The molecule has 0 saturated heterocycles. The van der Waals surface area contributed by atoms with Crippen LogP contribution in [0.3, 0.4) is 0 Å². The number of nitrogens with zero attached hydrogens (tertiary/aromatic N) is 1. The molecule has 0 aromatic rings. The van der Waals surface area contributed by atoms with Gasteiger partial charge < -0.3 is 66.5 Å². The van der Waals surface area contributed by atoms with Gasteiger partial charge >= 0.3 is 6.09 Å². The smallest absolute Gasteiger partial charge is 0.410 e. The predicted molar refractivity (Wildman–Crippen MR) is 175 cm³/mol. The second-order valence-electron chi connectivity index (χ2n) is 10.9. The molecule has 0 aromatic carbocycles. The minimum Gasteiger partial charge on any atom is -0.444 e. The van der Waals surface area contributed by atoms with Gasteiger partial charge in [-0.25, -0.2) is 9.18 Å². The summed E-state index contributed by atoms with van der Waals surface area (Å²) in [6.07, 6.45) is -0.368. The van der Waals surface area contributed by atoms with Crippen molar-refractivity contribution in [3.63, 3.8) is 0 Å². The molecular weight excluding hydrogens is 641 g/mol. The number of carbonyl (C=O) groups excluding carboxylic acids is 1. The molecule has 0 saturated carbocycles. The molecule has 0 aliphatic rings. The molecular formula is C32H64FNO14. The van der Waals surface area contributed by atoms with Gasteiger partial charge in [0.1, 0.15) is 12.3 Å². The average molecular weight is 706 g/mol. The van der Waals surface area contributed by atoms with E-state index < -0.39 is 12.3 Å². The lowest BCUT2D eigenvalue weighted by Crippen LogP contribution is -2.36. The van der Waals surface area contributed by atoms with Crippen molar-refractivity contribution < 1.29 is 70.8 Å². The Morgan fingerprint density at radius 3 is 0.833 bits per heavy atom. The molecule has 16 heteroatoms. The Morgan fingerprint density at radius 2 is 0.625 bits per heavy atom. The van der Waals surface area contributed by atoms with E-state index in [2.05, 4.69) is 0 Å². The van der Waals surface area contributed by atoms with E-state index in [0.717, 1.165) is 0 Å². The predicted octanol–water partition coefficient (Wildman–Crippen LogP) is 2.02. The number of rotatable bonds is 38. The Morgan fingerprint density at radius 1 is 0.417 bits per heavy atom. The molecule has 0 rings (SSSR count). The molecule has 0 heterocycles. The SMILES string of the molecule is CN(CCOCCOCCOCCOCCOCCOCCOCCOCCOCCOCCOCCOCCF)C(=O)OC(C)(C)C. The van der Waals surface area contributed by atoms with Crippen LogP contribution in [0.4, 0.5) is 9.18 Å². The maximum Gasteiger partial charge on any atom is 0.410 e. The fourth-order valence-electron chi connectivity index (χ4n) is 3.21. The highest BCUT2D eigenvalue weighted by molar-refractivity contribution is 5.67. The van der Waals surface area contributed by atoms with Gasteiger partial charge in [0.2, 0.25) is 0 Å². The summed E-state index contributed by atoms with van der Waals surface area (Å²) in [7, 11) is 1.68. The van der Waals surface area contributed by atoms with Crippen LogP contribution in [0.5, 0.6) is 0 Å². The molecule has 15 nitrogen and oxygen atoms in total. The number of halogens is 1. The summed E-state index contributed by atoms with van der Waals surface area (Å²) in [6, 6.07) is 0. The van der Waals surface area contributed by atoms with E-state index in [-0.39, 0.29) is 12.7 Å². The topological polar surface area (TPSA) is 140 Å². The number of ether oxygens (including phenoxy) is 13. The number of carbonyl (C=O) groups is 1. The van der Waals surface area contributed by atoms with E-state index >= 15 is 0 Å². The maximum absolute atomic E-state index is 11.9. The van der Waals surface area contributed by atoms with Gasteiger partial charge in [-0.15, -0.1) is 0 Å². The molecule has 288 valence electrons. The van der Waals surface area contributed by atoms with Crippen LogP contribution in [-0.4, -0.2) is 195 Å². The van der Waals surface area contributed by atoms with Crippen LogP contribution in [0, 0.1) is 0 Å². The third kappa shape index (κ3) is 39.2. The highest BCUT2D eigenvalue weighted by Crippen LogP contribution is 2.08. The largest absolute Gasteiger partial charge is 0.444 e. The summed E-state index contributed by atoms with van der Waals surface area (Å²) in [5.74, 6) is 0. The second-order valence-corrected chi connectivity index (χ2v) is 10.9. The van der Waals surface area contributed by atoms with Gasteiger partial charge in [0.25, 0.3) is 0 Å². The van der Waals surface area contributed by atoms with Crippen LogP contribution < -0.4 is 0 Å². The maximum atomic E-state index is 11.9. The van der Waals surface area contributed by atoms with Crippen LogP contribution in [0.1, 0.15) is 20.8 Å². The van der Waals surface area contributed by atoms with Crippen molar-refractivity contribution in [1.82, 2.24) is 4.90 Å². The van der Waals surface area contributed by atoms with Crippen molar-refractivity contribution >= 4 is 6.09 Å². The number of amides is 1. The first-order valence-electron chi connectivity index (χ1n) is 16.8. The zero-order valence-corrected chi connectivity index (χ0v) is 29.9. The van der Waals surface area contributed by atoms with Gasteiger partial charge in [0, 0.05) is 13.6 Å². The lowest BCUT2D eigenvalue weighted by Gasteiger charge is -2.24. The van der Waals surface area contributed by atoms with E-state index in [0.29, 0.717) is 159 Å². The molecule has 0 unspecified atom stereocenters. The van der Waals surface area contributed by atoms with Crippen molar-refractivity contribution in [3.8, 4) is 0 Å². The Hall–Kier alpha value is -1.28. The molecule has 48 heavy (non-hydrogen) atoms. The summed E-state index contributed by atoms with van der Waals surface area (Å²) in [4.78, 5) is 13.3. The lowest BCUT2D eigenvalue weighted by atomic mass is 10.2. The highest BCUT2D eigenvalue weighted by Gasteiger charge is 2.19. The third-order valence-electron chi connectivity index (χ3n) is 5.59. The summed E-state index contributed by atoms with van der Waals surface area (Å²) in [5, 5.41) is 0. The van der Waals surface area contributed by atoms with E-state index in [1.165, 1.54) is 4.90 Å². The summed E-state index contributed by atoms with van der Waals surface area (Å²) in [6.45, 7) is 16.4. The third-order valence-corrected chi connectivity index (χ3v) is 5.59. The summed E-state index contributed by atoms with van der Waals surface area (Å²) in [5.41, 5.74) is -0.513. The quantitative estimate of drug-likeness (QED) is 0.0866. The van der Waals surface area contributed by atoms with Crippen molar-refractivity contribution in [2.24, 2.45) is 0 Å². The van der Waals surface area contributed by atoms with Crippen molar-refractivity contribution in [1.29, 1.82) is 0 Å². The molecule has 1 amide bonds. The minimum atomic E-state index is -0.513. The average Bonchev–Trinajstić information content (AvgIpc) is 3.05. The Balaban J connectivity index is 3.13. The van der Waals surface area contributed by atoms with Crippen LogP contribution in [-0.2, 0) is 61.6 Å². The van der Waals surface area contributed by atoms with Crippen LogP contribution >= 0.6 is 0 Å². The standard InChI is InChI=1S/C32H64FNO14/c1-32(2,3)48-31(35)34(4)6-8-37-10-12-39-14-16-41-18-20-43-22-24-45-26-28-47-30-29-46-27-25-44-23-21-42-19-17-40-15-13-38-11-9-36-7-5-33/h5-30H2,1-4H3. The van der Waals surface area contributed by atoms with Crippen LogP contribution in [0.15, 0.2) is 0 Å². The monoisotopic (exact) mass is 705 g/mol. The normalized spacial score (nSPS) is 11.8. The first-order chi connectivity index (χ1) is 23.4.